The van der Waals surface area contributed by atoms with Gasteiger partial charge in [-0.15, -0.1) is 0 Å². The Hall–Kier alpha value is -3.77. The molecule has 5 rings (SSSR count). The van der Waals surface area contributed by atoms with Crippen LogP contribution < -0.4 is 19.8 Å². The zero-order valence-corrected chi connectivity index (χ0v) is 18.7. The summed E-state index contributed by atoms with van der Waals surface area (Å²) in [7, 11) is 3.32. The van der Waals surface area contributed by atoms with Crippen LogP contribution in [0.3, 0.4) is 0 Å². The zero-order chi connectivity index (χ0) is 22.8. The standard InChI is InChI=1S/C27H25NO5/c1-30-20-9-7-18(8-10-20)22-15-26(29)33-27-21(22)11-12-25-23(27)16-28(17-32-25)14-13-19-5-3-4-6-24(19)31-2/h3-12,15H,13-14,16-17H2,1-2H3. The van der Waals surface area contributed by atoms with Gasteiger partial charge in [-0.1, -0.05) is 30.3 Å². The second-order valence-electron chi connectivity index (χ2n) is 8.01. The van der Waals surface area contributed by atoms with E-state index in [9.17, 15) is 4.79 Å². The molecule has 168 valence electrons. The first-order valence-corrected chi connectivity index (χ1v) is 10.9. The van der Waals surface area contributed by atoms with E-state index in [1.54, 1.807) is 20.3 Å². The highest BCUT2D eigenvalue weighted by molar-refractivity contribution is 5.95. The van der Waals surface area contributed by atoms with Crippen molar-refractivity contribution in [3.63, 3.8) is 0 Å². The Morgan fingerprint density at radius 1 is 0.970 bits per heavy atom. The summed E-state index contributed by atoms with van der Waals surface area (Å²) < 4.78 is 22.5. The molecule has 2 heterocycles. The first kappa shape index (κ1) is 21.1. The van der Waals surface area contributed by atoms with Gasteiger partial charge in [0, 0.05) is 24.5 Å². The maximum Gasteiger partial charge on any atom is 0.336 e. The average molecular weight is 443 g/mol. The van der Waals surface area contributed by atoms with E-state index in [1.165, 1.54) is 0 Å². The van der Waals surface area contributed by atoms with E-state index in [-0.39, 0.29) is 5.63 Å². The van der Waals surface area contributed by atoms with E-state index in [2.05, 4.69) is 11.0 Å². The number of ether oxygens (including phenoxy) is 3. The number of para-hydroxylation sites is 1. The van der Waals surface area contributed by atoms with E-state index in [0.29, 0.717) is 18.9 Å². The minimum Gasteiger partial charge on any atom is -0.497 e. The summed E-state index contributed by atoms with van der Waals surface area (Å²) in [5.74, 6) is 2.41. The third kappa shape index (κ3) is 4.17. The molecule has 1 aromatic heterocycles. The first-order chi connectivity index (χ1) is 16.2. The van der Waals surface area contributed by atoms with Crippen LogP contribution in [-0.4, -0.2) is 32.4 Å². The molecule has 33 heavy (non-hydrogen) atoms. The van der Waals surface area contributed by atoms with Gasteiger partial charge in [0.05, 0.1) is 19.8 Å². The molecule has 1 aliphatic rings. The second kappa shape index (κ2) is 9.00. The Kier molecular flexibility index (Phi) is 5.75. The number of nitrogens with zero attached hydrogens (tertiary/aromatic N) is 1. The van der Waals surface area contributed by atoms with E-state index < -0.39 is 0 Å². The summed E-state index contributed by atoms with van der Waals surface area (Å²) in [5, 5.41) is 0.883. The molecule has 3 aromatic carbocycles. The van der Waals surface area contributed by atoms with Gasteiger partial charge in [0.1, 0.15) is 29.6 Å². The van der Waals surface area contributed by atoms with E-state index in [1.807, 2.05) is 54.6 Å². The molecule has 0 atom stereocenters. The van der Waals surface area contributed by atoms with Gasteiger partial charge in [0.15, 0.2) is 0 Å². The molecule has 6 heteroatoms. The third-order valence-corrected chi connectivity index (χ3v) is 6.05. The Morgan fingerprint density at radius 2 is 1.79 bits per heavy atom. The predicted molar refractivity (Wildman–Crippen MR) is 127 cm³/mol. The summed E-state index contributed by atoms with van der Waals surface area (Å²) in [4.78, 5) is 14.7. The van der Waals surface area contributed by atoms with Crippen molar-refractivity contribution in [1.82, 2.24) is 4.90 Å². The third-order valence-electron chi connectivity index (χ3n) is 6.05. The molecule has 0 N–H and O–H groups in total. The SMILES string of the molecule is COc1ccc(-c2cc(=O)oc3c4c(ccc23)OCN(CCc2ccccc2OC)C4)cc1. The molecule has 0 saturated carbocycles. The molecular formula is C27H25NO5. The average Bonchev–Trinajstić information content (AvgIpc) is 2.87. The second-order valence-corrected chi connectivity index (χ2v) is 8.01. The quantitative estimate of drug-likeness (QED) is 0.396. The maximum absolute atomic E-state index is 12.5. The summed E-state index contributed by atoms with van der Waals surface area (Å²) in [6, 6.07) is 21.2. The number of fused-ring (bicyclic) bond motifs is 3. The van der Waals surface area contributed by atoms with Crippen LogP contribution in [0.2, 0.25) is 0 Å². The molecule has 0 spiro atoms. The maximum atomic E-state index is 12.5. The number of hydrogen-bond acceptors (Lipinski definition) is 6. The van der Waals surface area contributed by atoms with Crippen LogP contribution >= 0.6 is 0 Å². The van der Waals surface area contributed by atoms with Gasteiger partial charge in [-0.3, -0.25) is 4.90 Å². The molecule has 0 fully saturated rings. The molecule has 1 aliphatic heterocycles. The number of rotatable bonds is 6. The van der Waals surface area contributed by atoms with Gasteiger partial charge >= 0.3 is 5.63 Å². The fourth-order valence-electron chi connectivity index (χ4n) is 4.32. The van der Waals surface area contributed by atoms with Crippen molar-refractivity contribution in [3.8, 4) is 28.4 Å². The smallest absolute Gasteiger partial charge is 0.336 e. The van der Waals surface area contributed by atoms with Crippen LogP contribution in [0.1, 0.15) is 11.1 Å². The van der Waals surface area contributed by atoms with Gasteiger partial charge < -0.3 is 18.6 Å². The Balaban J connectivity index is 1.47. The van der Waals surface area contributed by atoms with Crippen LogP contribution in [-0.2, 0) is 13.0 Å². The van der Waals surface area contributed by atoms with Gasteiger partial charge in [0.2, 0.25) is 0 Å². The van der Waals surface area contributed by atoms with Crippen LogP contribution in [0.5, 0.6) is 17.2 Å². The Morgan fingerprint density at radius 3 is 2.58 bits per heavy atom. The molecule has 0 radical (unpaired) electrons. The lowest BCUT2D eigenvalue weighted by Gasteiger charge is -2.29. The lowest BCUT2D eigenvalue weighted by atomic mass is 9.99. The van der Waals surface area contributed by atoms with Crippen LogP contribution in [0, 0.1) is 0 Å². The molecule has 0 unspecified atom stereocenters. The lowest BCUT2D eigenvalue weighted by Crippen LogP contribution is -2.33. The summed E-state index contributed by atoms with van der Waals surface area (Å²) >= 11 is 0. The highest BCUT2D eigenvalue weighted by atomic mass is 16.5. The molecule has 0 bridgehead atoms. The van der Waals surface area contributed by atoms with Crippen molar-refractivity contribution in [1.29, 1.82) is 0 Å². The lowest BCUT2D eigenvalue weighted by molar-refractivity contribution is 0.0966. The minimum absolute atomic E-state index is 0.382. The number of benzene rings is 3. The molecule has 0 saturated heterocycles. The summed E-state index contributed by atoms with van der Waals surface area (Å²) in [6.45, 7) is 1.91. The zero-order valence-electron chi connectivity index (χ0n) is 18.7. The van der Waals surface area contributed by atoms with Crippen molar-refractivity contribution in [3.05, 3.63) is 88.3 Å². The van der Waals surface area contributed by atoms with Crippen molar-refractivity contribution in [2.24, 2.45) is 0 Å². The van der Waals surface area contributed by atoms with Crippen molar-refractivity contribution in [2.45, 2.75) is 13.0 Å². The topological polar surface area (TPSA) is 61.1 Å². The largest absolute Gasteiger partial charge is 0.497 e. The van der Waals surface area contributed by atoms with Crippen LogP contribution in [0.4, 0.5) is 0 Å². The molecule has 4 aromatic rings. The van der Waals surface area contributed by atoms with E-state index >= 15 is 0 Å². The fraction of sp³-hybridized carbons (Fsp3) is 0.222. The van der Waals surface area contributed by atoms with E-state index in [0.717, 1.165) is 57.9 Å². The molecule has 6 nitrogen and oxygen atoms in total. The monoisotopic (exact) mass is 443 g/mol. The minimum atomic E-state index is -0.382. The van der Waals surface area contributed by atoms with Crippen molar-refractivity contribution in [2.75, 3.05) is 27.5 Å². The van der Waals surface area contributed by atoms with Crippen molar-refractivity contribution < 1.29 is 18.6 Å². The molecular weight excluding hydrogens is 418 g/mol. The van der Waals surface area contributed by atoms with Gasteiger partial charge in [-0.25, -0.2) is 4.79 Å². The summed E-state index contributed by atoms with van der Waals surface area (Å²) in [5.41, 5.74) is 4.00. The Bertz CT molecular complexity index is 1340. The highest BCUT2D eigenvalue weighted by Crippen LogP contribution is 2.36. The van der Waals surface area contributed by atoms with Crippen LogP contribution in [0.15, 0.2) is 75.9 Å². The van der Waals surface area contributed by atoms with Gasteiger partial charge in [-0.2, -0.15) is 0 Å². The van der Waals surface area contributed by atoms with Gasteiger partial charge in [-0.05, 0) is 53.4 Å². The van der Waals surface area contributed by atoms with Crippen molar-refractivity contribution >= 4 is 11.0 Å². The van der Waals surface area contributed by atoms with E-state index in [4.69, 9.17) is 18.6 Å². The number of hydrogen-bond donors (Lipinski definition) is 0. The molecule has 0 aliphatic carbocycles. The first-order valence-electron chi connectivity index (χ1n) is 10.9. The van der Waals surface area contributed by atoms with Gasteiger partial charge in [0.25, 0.3) is 0 Å². The fourth-order valence-corrected chi connectivity index (χ4v) is 4.32. The highest BCUT2D eigenvalue weighted by Gasteiger charge is 2.23. The summed E-state index contributed by atoms with van der Waals surface area (Å²) in [6.07, 6.45) is 0.828. The molecule has 0 amide bonds. The number of methoxy groups -OCH3 is 2. The predicted octanol–water partition coefficient (Wildman–Crippen LogP) is 4.87. The van der Waals surface area contributed by atoms with Crippen LogP contribution in [0.25, 0.3) is 22.1 Å². The Labute approximate surface area is 191 Å². The normalized spacial score (nSPS) is 13.4.